The van der Waals surface area contributed by atoms with Gasteiger partial charge in [0.1, 0.15) is 12.4 Å². The minimum absolute atomic E-state index is 0. The van der Waals surface area contributed by atoms with Crippen LogP contribution < -0.4 is 10.1 Å². The van der Waals surface area contributed by atoms with Crippen LogP contribution in [0.25, 0.3) is 0 Å². The van der Waals surface area contributed by atoms with Crippen LogP contribution >= 0.6 is 12.4 Å². The van der Waals surface area contributed by atoms with E-state index in [9.17, 15) is 4.79 Å². The Balaban J connectivity index is 0.00000274. The number of halogens is 1. The lowest BCUT2D eigenvalue weighted by Crippen LogP contribution is -2.49. The number of rotatable bonds is 8. The molecule has 1 saturated carbocycles. The topological polar surface area (TPSA) is 54.0 Å². The average Bonchev–Trinajstić information content (AvgIpc) is 3.63. The first-order chi connectivity index (χ1) is 16.3. The van der Waals surface area contributed by atoms with Crippen molar-refractivity contribution in [2.45, 2.75) is 43.9 Å². The number of hydrogen-bond donors (Lipinski definition) is 1. The number of morpholine rings is 1. The zero-order chi connectivity index (χ0) is 22.5. The van der Waals surface area contributed by atoms with E-state index in [4.69, 9.17) is 9.47 Å². The Hall–Kier alpha value is -2.12. The van der Waals surface area contributed by atoms with Crippen LogP contribution in [0.5, 0.6) is 5.75 Å². The third kappa shape index (κ3) is 6.51. The average molecular weight is 486 g/mol. The molecule has 6 nitrogen and oxygen atoms in total. The van der Waals surface area contributed by atoms with E-state index in [-0.39, 0.29) is 18.3 Å². The maximum absolute atomic E-state index is 12.7. The molecule has 2 saturated heterocycles. The zero-order valence-corrected chi connectivity index (χ0v) is 20.6. The number of likely N-dealkylation sites (tertiary alicyclic amines) is 1. The summed E-state index contributed by atoms with van der Waals surface area (Å²) >= 11 is 0. The second-order valence-electron chi connectivity index (χ2n) is 9.47. The van der Waals surface area contributed by atoms with Gasteiger partial charge in [-0.3, -0.25) is 9.69 Å². The molecule has 184 valence electrons. The molecule has 0 spiro atoms. The van der Waals surface area contributed by atoms with Crippen LogP contribution in [0.3, 0.4) is 0 Å². The third-order valence-corrected chi connectivity index (χ3v) is 7.11. The molecule has 3 aliphatic rings. The summed E-state index contributed by atoms with van der Waals surface area (Å²) in [6.07, 6.45) is 3.22. The lowest BCUT2D eigenvalue weighted by molar-refractivity contribution is -0.134. The molecule has 0 unspecified atom stereocenters. The van der Waals surface area contributed by atoms with Crippen molar-refractivity contribution in [1.82, 2.24) is 15.1 Å². The highest BCUT2D eigenvalue weighted by Gasteiger charge is 2.41. The number of piperidine rings is 1. The van der Waals surface area contributed by atoms with Crippen LogP contribution in [-0.2, 0) is 16.1 Å². The zero-order valence-electron chi connectivity index (χ0n) is 19.7. The lowest BCUT2D eigenvalue weighted by atomic mass is 10.0. The predicted octanol–water partition coefficient (Wildman–Crippen LogP) is 3.46. The number of nitrogens with one attached hydrogen (secondary N) is 1. The first-order valence-corrected chi connectivity index (χ1v) is 12.4. The van der Waals surface area contributed by atoms with E-state index in [1.807, 2.05) is 23.1 Å². The van der Waals surface area contributed by atoms with E-state index >= 15 is 0 Å². The molecule has 2 aliphatic heterocycles. The second kappa shape index (κ2) is 12.0. The predicted molar refractivity (Wildman–Crippen MR) is 136 cm³/mol. The minimum atomic E-state index is 0. The molecule has 2 aromatic rings. The number of nitrogens with zero attached hydrogens (tertiary/aromatic N) is 2. The van der Waals surface area contributed by atoms with Crippen LogP contribution in [0.4, 0.5) is 0 Å². The first kappa shape index (κ1) is 25.0. The van der Waals surface area contributed by atoms with Gasteiger partial charge in [-0.1, -0.05) is 48.5 Å². The summed E-state index contributed by atoms with van der Waals surface area (Å²) in [6.45, 7) is 6.05. The Morgan fingerprint density at radius 2 is 1.68 bits per heavy atom. The van der Waals surface area contributed by atoms with Crippen LogP contribution in [0, 0.1) is 0 Å². The largest absolute Gasteiger partial charge is 0.489 e. The molecule has 1 aliphatic carbocycles. The van der Waals surface area contributed by atoms with Crippen molar-refractivity contribution in [3.05, 3.63) is 65.7 Å². The number of carbonyl (C=O) groups is 1. The highest BCUT2D eigenvalue weighted by molar-refractivity contribution is 5.85. The van der Waals surface area contributed by atoms with Crippen LogP contribution in [0.15, 0.2) is 54.6 Å². The Morgan fingerprint density at radius 1 is 0.971 bits per heavy atom. The van der Waals surface area contributed by atoms with Gasteiger partial charge in [-0.15, -0.1) is 12.4 Å². The quantitative estimate of drug-likeness (QED) is 0.620. The minimum Gasteiger partial charge on any atom is -0.489 e. The van der Waals surface area contributed by atoms with Gasteiger partial charge in [0, 0.05) is 44.2 Å². The van der Waals surface area contributed by atoms with Gasteiger partial charge in [0.15, 0.2) is 0 Å². The lowest BCUT2D eigenvalue weighted by Gasteiger charge is -2.35. The molecule has 1 amide bonds. The summed E-state index contributed by atoms with van der Waals surface area (Å²) in [5.74, 6) is 1.78. The van der Waals surface area contributed by atoms with Gasteiger partial charge in [-0.05, 0) is 36.5 Å². The summed E-state index contributed by atoms with van der Waals surface area (Å²) in [7, 11) is 0. The number of ether oxygens (including phenoxy) is 2. The van der Waals surface area contributed by atoms with Gasteiger partial charge in [0.05, 0.1) is 19.8 Å². The van der Waals surface area contributed by atoms with Crippen LogP contribution in [0.1, 0.15) is 36.3 Å². The Labute approximate surface area is 209 Å². The number of hydrogen-bond acceptors (Lipinski definition) is 5. The molecule has 3 fully saturated rings. The smallest absolute Gasteiger partial charge is 0.236 e. The summed E-state index contributed by atoms with van der Waals surface area (Å²) in [4.78, 5) is 16.9. The number of amides is 1. The number of para-hydroxylation sites is 1. The fraction of sp³-hybridized carbons (Fsp3) is 0.519. The molecule has 2 aromatic carbocycles. The van der Waals surface area contributed by atoms with Crippen molar-refractivity contribution in [2.75, 3.05) is 45.9 Å². The highest BCUT2D eigenvalue weighted by Crippen LogP contribution is 2.45. The summed E-state index contributed by atoms with van der Waals surface area (Å²) in [5, 5.41) is 3.86. The normalized spacial score (nSPS) is 23.2. The fourth-order valence-corrected chi connectivity index (χ4v) is 5.03. The van der Waals surface area contributed by atoms with Crippen molar-refractivity contribution in [1.29, 1.82) is 0 Å². The van der Waals surface area contributed by atoms with Gasteiger partial charge in [-0.2, -0.15) is 0 Å². The SMILES string of the molecule is Cl.O=C(CN1CCOCC1)N1CCC(N[C@@H]2C[C@H]2c2ccccc2OCc2ccccc2)CC1. The van der Waals surface area contributed by atoms with Gasteiger partial charge in [0.2, 0.25) is 5.91 Å². The molecule has 34 heavy (non-hydrogen) atoms. The van der Waals surface area contributed by atoms with Gasteiger partial charge in [0.25, 0.3) is 0 Å². The van der Waals surface area contributed by atoms with E-state index in [1.54, 1.807) is 0 Å². The molecular formula is C27H36ClN3O3. The monoisotopic (exact) mass is 485 g/mol. The molecule has 0 bridgehead atoms. The van der Waals surface area contributed by atoms with Crippen molar-refractivity contribution in [3.8, 4) is 5.75 Å². The van der Waals surface area contributed by atoms with E-state index in [0.29, 0.717) is 31.2 Å². The Bertz CT molecular complexity index is 914. The van der Waals surface area contributed by atoms with Crippen molar-refractivity contribution in [3.63, 3.8) is 0 Å². The van der Waals surface area contributed by atoms with Gasteiger partial charge < -0.3 is 19.7 Å². The number of carbonyl (C=O) groups excluding carboxylic acids is 1. The third-order valence-electron chi connectivity index (χ3n) is 7.11. The summed E-state index contributed by atoms with van der Waals surface area (Å²) in [6, 6.07) is 19.8. The summed E-state index contributed by atoms with van der Waals surface area (Å²) in [5.41, 5.74) is 2.50. The van der Waals surface area contributed by atoms with E-state index < -0.39 is 0 Å². The van der Waals surface area contributed by atoms with Gasteiger partial charge in [-0.25, -0.2) is 0 Å². The van der Waals surface area contributed by atoms with Gasteiger partial charge >= 0.3 is 0 Å². The Morgan fingerprint density at radius 3 is 2.44 bits per heavy atom. The molecule has 1 N–H and O–H groups in total. The number of benzene rings is 2. The van der Waals surface area contributed by atoms with E-state index in [1.165, 1.54) is 11.1 Å². The Kier molecular flexibility index (Phi) is 8.84. The maximum atomic E-state index is 12.7. The maximum Gasteiger partial charge on any atom is 0.236 e. The van der Waals surface area contributed by atoms with Crippen molar-refractivity contribution < 1.29 is 14.3 Å². The molecular weight excluding hydrogens is 450 g/mol. The molecule has 7 heteroatoms. The summed E-state index contributed by atoms with van der Waals surface area (Å²) < 4.78 is 11.6. The second-order valence-corrected chi connectivity index (χ2v) is 9.47. The molecule has 2 heterocycles. The van der Waals surface area contributed by atoms with E-state index in [0.717, 1.165) is 64.4 Å². The standard InChI is InChI=1S/C27H35N3O3.ClH/c31-27(19-29-14-16-32-17-15-29)30-12-10-22(11-13-30)28-25-18-24(25)23-8-4-5-9-26(23)33-20-21-6-2-1-3-7-21;/h1-9,22,24-25,28H,10-20H2;1H/t24-,25+;/m0./s1. The van der Waals surface area contributed by atoms with Crippen molar-refractivity contribution in [2.24, 2.45) is 0 Å². The fourth-order valence-electron chi connectivity index (χ4n) is 5.03. The first-order valence-electron chi connectivity index (χ1n) is 12.4. The van der Waals surface area contributed by atoms with Crippen molar-refractivity contribution >= 4 is 18.3 Å². The highest BCUT2D eigenvalue weighted by atomic mass is 35.5. The van der Waals surface area contributed by atoms with Crippen LogP contribution in [0.2, 0.25) is 0 Å². The molecule has 0 aromatic heterocycles. The molecule has 5 rings (SSSR count). The van der Waals surface area contributed by atoms with Crippen LogP contribution in [-0.4, -0.2) is 73.7 Å². The van der Waals surface area contributed by atoms with E-state index in [2.05, 4.69) is 46.6 Å². The molecule has 0 radical (unpaired) electrons. The molecule has 2 atom stereocenters.